The standard InChI is InChI=1S/C30H35F2N7O3/c1-37-10-12-38(13-11-37)22-6-8-39(9-7-22)25-5-4-21(14-20(25)16-33)36-30-34-17-23(18-35-30)42-19-24-28(31)26(40-2)15-27(41-3)29(24)32/h4-5,14-15,17-18,22H,6-13,19H2,1-3H3,(H,34,35,36). The molecule has 0 aliphatic carbocycles. The van der Waals surface area contributed by atoms with Crippen LogP contribution in [0.1, 0.15) is 24.0 Å². The average molecular weight is 580 g/mol. The van der Waals surface area contributed by atoms with E-state index >= 15 is 0 Å². The molecule has 0 amide bonds. The third kappa shape index (κ3) is 6.48. The molecule has 1 N–H and O–H groups in total. The number of benzene rings is 2. The quantitative estimate of drug-likeness (QED) is 0.398. The van der Waals surface area contributed by atoms with Crippen LogP contribution in [-0.2, 0) is 6.61 Å². The van der Waals surface area contributed by atoms with Crippen molar-refractivity contribution < 1.29 is 23.0 Å². The number of methoxy groups -OCH3 is 2. The fourth-order valence-corrected chi connectivity index (χ4v) is 5.44. The predicted molar refractivity (Wildman–Crippen MR) is 155 cm³/mol. The molecule has 3 aromatic rings. The maximum Gasteiger partial charge on any atom is 0.227 e. The molecule has 1 aromatic heterocycles. The van der Waals surface area contributed by atoms with E-state index in [0.29, 0.717) is 17.3 Å². The van der Waals surface area contributed by atoms with E-state index in [-0.39, 0.29) is 28.8 Å². The number of nitrogens with one attached hydrogen (secondary N) is 1. The molecule has 0 atom stereocenters. The van der Waals surface area contributed by atoms with E-state index in [2.05, 4.69) is 43.1 Å². The van der Waals surface area contributed by atoms with Crippen molar-refractivity contribution in [3.05, 3.63) is 59.4 Å². The zero-order valence-corrected chi connectivity index (χ0v) is 24.1. The lowest BCUT2D eigenvalue weighted by molar-refractivity contribution is 0.0982. The molecule has 2 fully saturated rings. The Morgan fingerprint density at radius 2 is 1.60 bits per heavy atom. The Bertz CT molecular complexity index is 1390. The summed E-state index contributed by atoms with van der Waals surface area (Å²) in [5.41, 5.74) is 1.85. The first-order valence-electron chi connectivity index (χ1n) is 13.9. The smallest absolute Gasteiger partial charge is 0.227 e. The summed E-state index contributed by atoms with van der Waals surface area (Å²) < 4.78 is 44.7. The lowest BCUT2D eigenvalue weighted by atomic mass is 10.0. The third-order valence-corrected chi connectivity index (χ3v) is 7.91. The van der Waals surface area contributed by atoms with Gasteiger partial charge in [-0.2, -0.15) is 5.26 Å². The van der Waals surface area contributed by atoms with E-state index in [1.807, 2.05) is 12.1 Å². The molecule has 42 heavy (non-hydrogen) atoms. The number of piperidine rings is 1. The molecule has 0 spiro atoms. The van der Waals surface area contributed by atoms with Gasteiger partial charge >= 0.3 is 0 Å². The number of ether oxygens (including phenoxy) is 3. The fraction of sp³-hybridized carbons (Fsp3) is 0.433. The highest BCUT2D eigenvalue weighted by molar-refractivity contribution is 5.67. The average Bonchev–Trinajstić information content (AvgIpc) is 3.02. The summed E-state index contributed by atoms with van der Waals surface area (Å²) in [6.45, 7) is 5.89. The molecule has 3 heterocycles. The van der Waals surface area contributed by atoms with E-state index in [1.54, 1.807) is 6.07 Å². The van der Waals surface area contributed by atoms with Crippen molar-refractivity contribution in [3.63, 3.8) is 0 Å². The Morgan fingerprint density at radius 1 is 0.952 bits per heavy atom. The summed E-state index contributed by atoms with van der Waals surface area (Å²) in [5.74, 6) is -1.54. The molecule has 0 radical (unpaired) electrons. The van der Waals surface area contributed by atoms with E-state index in [1.165, 1.54) is 26.6 Å². The molecular formula is C30H35F2N7O3. The summed E-state index contributed by atoms with van der Waals surface area (Å²) >= 11 is 0. The Hall–Kier alpha value is -4.21. The van der Waals surface area contributed by atoms with Crippen molar-refractivity contribution in [2.24, 2.45) is 0 Å². The second-order valence-electron chi connectivity index (χ2n) is 10.4. The number of piperazine rings is 1. The van der Waals surface area contributed by atoms with Crippen molar-refractivity contribution in [1.29, 1.82) is 5.26 Å². The van der Waals surface area contributed by atoms with Crippen LogP contribution in [0.15, 0.2) is 36.7 Å². The SMILES string of the molecule is COc1cc(OC)c(F)c(COc2cnc(Nc3ccc(N4CCC(N5CCN(C)CC5)CC4)c(C#N)c3)nc2)c1F. The maximum absolute atomic E-state index is 14.6. The molecule has 0 saturated carbocycles. The fourth-order valence-electron chi connectivity index (χ4n) is 5.44. The van der Waals surface area contributed by atoms with Crippen LogP contribution in [0, 0.1) is 23.0 Å². The summed E-state index contributed by atoms with van der Waals surface area (Å²) in [6.07, 6.45) is 4.96. The lowest BCUT2D eigenvalue weighted by Gasteiger charge is -2.42. The van der Waals surface area contributed by atoms with Gasteiger partial charge in [-0.1, -0.05) is 0 Å². The minimum absolute atomic E-state index is 0.152. The summed E-state index contributed by atoms with van der Waals surface area (Å²) in [5, 5.41) is 13.0. The highest BCUT2D eigenvalue weighted by Crippen LogP contribution is 2.32. The predicted octanol–water partition coefficient (Wildman–Crippen LogP) is 4.18. The number of likely N-dealkylation sites (N-methyl/N-ethyl adjacent to an activating group) is 1. The van der Waals surface area contributed by atoms with Crippen LogP contribution in [0.5, 0.6) is 17.2 Å². The van der Waals surface area contributed by atoms with Crippen LogP contribution in [0.2, 0.25) is 0 Å². The molecule has 2 aliphatic rings. The summed E-state index contributed by atoms with van der Waals surface area (Å²) in [4.78, 5) is 15.8. The molecule has 0 bridgehead atoms. The zero-order valence-electron chi connectivity index (χ0n) is 24.1. The first-order valence-corrected chi connectivity index (χ1v) is 13.9. The second-order valence-corrected chi connectivity index (χ2v) is 10.4. The molecule has 12 heteroatoms. The van der Waals surface area contributed by atoms with Crippen LogP contribution in [-0.4, -0.2) is 86.3 Å². The molecule has 2 aromatic carbocycles. The molecule has 5 rings (SSSR count). The van der Waals surface area contributed by atoms with Gasteiger partial charge in [0.05, 0.1) is 43.4 Å². The highest BCUT2D eigenvalue weighted by Gasteiger charge is 2.27. The van der Waals surface area contributed by atoms with Crippen LogP contribution < -0.4 is 24.4 Å². The van der Waals surface area contributed by atoms with Gasteiger partial charge in [0.2, 0.25) is 5.95 Å². The topological polar surface area (TPSA) is 99.0 Å². The Kier molecular flexibility index (Phi) is 9.19. The monoisotopic (exact) mass is 579 g/mol. The number of nitriles is 1. The maximum atomic E-state index is 14.6. The molecule has 0 unspecified atom stereocenters. The van der Waals surface area contributed by atoms with E-state index in [9.17, 15) is 14.0 Å². The van der Waals surface area contributed by atoms with E-state index < -0.39 is 18.2 Å². The molecule has 2 aliphatic heterocycles. The van der Waals surface area contributed by atoms with Gasteiger partial charge in [-0.25, -0.2) is 18.7 Å². The molecule has 2 saturated heterocycles. The van der Waals surface area contributed by atoms with Crippen molar-refractivity contribution >= 4 is 17.3 Å². The normalized spacial score (nSPS) is 16.6. The van der Waals surface area contributed by atoms with Crippen LogP contribution in [0.4, 0.5) is 26.1 Å². The van der Waals surface area contributed by atoms with Gasteiger partial charge in [-0.05, 0) is 38.1 Å². The molecule has 10 nitrogen and oxygen atoms in total. The Morgan fingerprint density at radius 3 is 2.19 bits per heavy atom. The van der Waals surface area contributed by atoms with Crippen LogP contribution in [0.25, 0.3) is 0 Å². The molecule has 222 valence electrons. The van der Waals surface area contributed by atoms with Crippen molar-refractivity contribution in [2.45, 2.75) is 25.5 Å². The highest BCUT2D eigenvalue weighted by atomic mass is 19.1. The van der Waals surface area contributed by atoms with Gasteiger partial charge in [0.1, 0.15) is 12.7 Å². The molecular weight excluding hydrogens is 544 g/mol. The van der Waals surface area contributed by atoms with E-state index in [0.717, 1.165) is 63.9 Å². The van der Waals surface area contributed by atoms with Crippen LogP contribution in [0.3, 0.4) is 0 Å². The number of nitrogens with zero attached hydrogens (tertiary/aromatic N) is 6. The van der Waals surface area contributed by atoms with Gasteiger partial charge in [0.15, 0.2) is 28.9 Å². The second kappa shape index (κ2) is 13.2. The van der Waals surface area contributed by atoms with Gasteiger partial charge in [0.25, 0.3) is 0 Å². The largest absolute Gasteiger partial charge is 0.494 e. The lowest BCUT2D eigenvalue weighted by Crippen LogP contribution is -2.52. The summed E-state index contributed by atoms with van der Waals surface area (Å²) in [6, 6.07) is 9.71. The van der Waals surface area contributed by atoms with Gasteiger partial charge in [0, 0.05) is 57.1 Å². The number of halogens is 2. The van der Waals surface area contributed by atoms with E-state index in [4.69, 9.17) is 14.2 Å². The first kappa shape index (κ1) is 29.3. The van der Waals surface area contributed by atoms with Crippen LogP contribution >= 0.6 is 0 Å². The number of aromatic nitrogens is 2. The number of rotatable bonds is 9. The van der Waals surface area contributed by atoms with Gasteiger partial charge in [-0.15, -0.1) is 0 Å². The van der Waals surface area contributed by atoms with Crippen molar-refractivity contribution in [1.82, 2.24) is 19.8 Å². The van der Waals surface area contributed by atoms with Crippen molar-refractivity contribution in [3.8, 4) is 23.3 Å². The minimum atomic E-state index is -0.869. The first-order chi connectivity index (χ1) is 20.4. The number of hydrogen-bond acceptors (Lipinski definition) is 10. The number of anilines is 3. The minimum Gasteiger partial charge on any atom is -0.494 e. The zero-order chi connectivity index (χ0) is 29.6. The number of hydrogen-bond donors (Lipinski definition) is 1. The summed E-state index contributed by atoms with van der Waals surface area (Å²) in [7, 11) is 4.74. The van der Waals surface area contributed by atoms with Crippen molar-refractivity contribution in [2.75, 3.05) is 70.8 Å². The third-order valence-electron chi connectivity index (χ3n) is 7.91. The van der Waals surface area contributed by atoms with Gasteiger partial charge < -0.3 is 29.3 Å². The Balaban J connectivity index is 1.19. The van der Waals surface area contributed by atoms with Gasteiger partial charge in [-0.3, -0.25) is 4.90 Å². The Labute approximate surface area is 244 Å².